The molecule has 124 valence electrons. The molecule has 2 aromatic heterocycles. The van der Waals surface area contributed by atoms with Gasteiger partial charge in [0.1, 0.15) is 0 Å². The first-order valence-electron chi connectivity index (χ1n) is 7.00. The van der Waals surface area contributed by atoms with E-state index in [1.54, 1.807) is 28.8 Å². The average Bonchev–Trinajstić information content (AvgIpc) is 2.93. The average molecular weight is 403 g/mol. The van der Waals surface area contributed by atoms with Gasteiger partial charge in [-0.3, -0.25) is 4.79 Å². The Morgan fingerprint density at radius 3 is 2.58 bits per heavy atom. The molecule has 4 nitrogen and oxygen atoms in total. The van der Waals surface area contributed by atoms with Crippen molar-refractivity contribution in [3.63, 3.8) is 0 Å². The maximum atomic E-state index is 12.1. The van der Waals surface area contributed by atoms with E-state index >= 15 is 0 Å². The number of fused-ring (bicyclic) bond motifs is 1. The van der Waals surface area contributed by atoms with E-state index < -0.39 is 0 Å². The van der Waals surface area contributed by atoms with Gasteiger partial charge in [0.15, 0.2) is 5.65 Å². The molecule has 0 atom stereocenters. The largest absolute Gasteiger partial charge is 0.352 e. The minimum absolute atomic E-state index is 0.224. The summed E-state index contributed by atoms with van der Waals surface area (Å²) in [5.74, 6) is -0.224. The fourth-order valence-corrected chi connectivity index (χ4v) is 3.06. The summed E-state index contributed by atoms with van der Waals surface area (Å²) in [6.07, 6.45) is 4.12. The standard InChI is InChI=1S/C16H11Cl4N3O/c17-10-6-14(20)15-22-11(8-23(15)7-10)3-4-21-16(24)9-1-2-12(18)13(19)5-9/h1-2,5-8H,3-4H2,(H,21,24). The molecule has 3 rings (SSSR count). The second-order valence-electron chi connectivity index (χ2n) is 5.10. The zero-order valence-corrected chi connectivity index (χ0v) is 15.2. The molecule has 0 aliphatic carbocycles. The summed E-state index contributed by atoms with van der Waals surface area (Å²) in [4.78, 5) is 16.5. The second-order valence-corrected chi connectivity index (χ2v) is 6.76. The van der Waals surface area contributed by atoms with Crippen molar-refractivity contribution in [1.82, 2.24) is 14.7 Å². The highest BCUT2D eigenvalue weighted by molar-refractivity contribution is 6.42. The van der Waals surface area contributed by atoms with E-state index in [1.807, 2.05) is 6.20 Å². The number of benzene rings is 1. The number of aromatic nitrogens is 2. The Hall–Kier alpha value is -1.46. The van der Waals surface area contributed by atoms with Crippen LogP contribution in [0.3, 0.4) is 0 Å². The molecule has 0 saturated carbocycles. The van der Waals surface area contributed by atoms with Gasteiger partial charge >= 0.3 is 0 Å². The van der Waals surface area contributed by atoms with Crippen LogP contribution in [0.25, 0.3) is 5.65 Å². The number of hydrogen-bond acceptors (Lipinski definition) is 2. The van der Waals surface area contributed by atoms with Crippen LogP contribution in [0.15, 0.2) is 36.7 Å². The molecule has 24 heavy (non-hydrogen) atoms. The van der Waals surface area contributed by atoms with E-state index in [9.17, 15) is 4.79 Å². The molecule has 0 unspecified atom stereocenters. The fraction of sp³-hybridized carbons (Fsp3) is 0.125. The monoisotopic (exact) mass is 401 g/mol. The Kier molecular flexibility index (Phi) is 5.21. The molecule has 0 aliphatic rings. The lowest BCUT2D eigenvalue weighted by Crippen LogP contribution is -2.25. The lowest BCUT2D eigenvalue weighted by Gasteiger charge is -2.05. The highest BCUT2D eigenvalue weighted by atomic mass is 35.5. The quantitative estimate of drug-likeness (QED) is 0.673. The fourth-order valence-electron chi connectivity index (χ4n) is 2.24. The van der Waals surface area contributed by atoms with Crippen LogP contribution in [0.2, 0.25) is 20.1 Å². The molecule has 0 saturated heterocycles. The Balaban J connectivity index is 1.64. The zero-order chi connectivity index (χ0) is 17.3. The molecule has 8 heteroatoms. The number of pyridine rings is 1. The van der Waals surface area contributed by atoms with Crippen LogP contribution in [0.1, 0.15) is 16.1 Å². The van der Waals surface area contributed by atoms with E-state index in [0.717, 1.165) is 5.69 Å². The highest BCUT2D eigenvalue weighted by Gasteiger charge is 2.10. The first-order valence-corrected chi connectivity index (χ1v) is 8.51. The number of rotatable bonds is 4. The maximum absolute atomic E-state index is 12.1. The van der Waals surface area contributed by atoms with E-state index in [1.165, 1.54) is 6.07 Å². The van der Waals surface area contributed by atoms with Crippen molar-refractivity contribution in [3.8, 4) is 0 Å². The summed E-state index contributed by atoms with van der Waals surface area (Å²) in [6, 6.07) is 6.38. The molecule has 0 spiro atoms. The molecule has 0 aliphatic heterocycles. The lowest BCUT2D eigenvalue weighted by molar-refractivity contribution is 0.0954. The number of carbonyl (C=O) groups excluding carboxylic acids is 1. The minimum atomic E-state index is -0.224. The van der Waals surface area contributed by atoms with E-state index in [-0.39, 0.29) is 5.91 Å². The van der Waals surface area contributed by atoms with Crippen LogP contribution in [-0.4, -0.2) is 21.8 Å². The molecular formula is C16H11Cl4N3O. The Morgan fingerprint density at radius 2 is 1.83 bits per heavy atom. The van der Waals surface area contributed by atoms with Crippen LogP contribution >= 0.6 is 46.4 Å². The molecule has 1 amide bonds. The van der Waals surface area contributed by atoms with Crippen LogP contribution < -0.4 is 5.32 Å². The summed E-state index contributed by atoms with van der Waals surface area (Å²) >= 11 is 23.8. The number of amides is 1. The van der Waals surface area contributed by atoms with Gasteiger partial charge in [-0.15, -0.1) is 0 Å². The van der Waals surface area contributed by atoms with Crippen molar-refractivity contribution in [2.75, 3.05) is 6.54 Å². The third-order valence-electron chi connectivity index (χ3n) is 3.37. The first kappa shape index (κ1) is 17.4. The van der Waals surface area contributed by atoms with Gasteiger partial charge in [-0.2, -0.15) is 0 Å². The van der Waals surface area contributed by atoms with Gasteiger partial charge in [-0.1, -0.05) is 46.4 Å². The van der Waals surface area contributed by atoms with Crippen LogP contribution in [0.5, 0.6) is 0 Å². The van der Waals surface area contributed by atoms with Crippen molar-refractivity contribution in [2.45, 2.75) is 6.42 Å². The SMILES string of the molecule is O=C(NCCc1cn2cc(Cl)cc(Cl)c2n1)c1ccc(Cl)c(Cl)c1. The van der Waals surface area contributed by atoms with Crippen molar-refractivity contribution in [2.24, 2.45) is 0 Å². The van der Waals surface area contributed by atoms with Gasteiger partial charge in [0, 0.05) is 30.9 Å². The Bertz CT molecular complexity index is 923. The third-order valence-corrected chi connectivity index (χ3v) is 4.60. The zero-order valence-electron chi connectivity index (χ0n) is 12.2. The van der Waals surface area contributed by atoms with E-state index in [0.29, 0.717) is 44.3 Å². The molecule has 0 fully saturated rings. The lowest BCUT2D eigenvalue weighted by atomic mass is 10.2. The Morgan fingerprint density at radius 1 is 1.04 bits per heavy atom. The van der Waals surface area contributed by atoms with E-state index in [2.05, 4.69) is 10.3 Å². The van der Waals surface area contributed by atoms with Gasteiger partial charge in [0.25, 0.3) is 5.91 Å². The number of imidazole rings is 1. The van der Waals surface area contributed by atoms with Crippen LogP contribution in [0, 0.1) is 0 Å². The topological polar surface area (TPSA) is 46.4 Å². The van der Waals surface area contributed by atoms with Crippen molar-refractivity contribution >= 4 is 58.0 Å². The van der Waals surface area contributed by atoms with Crippen LogP contribution in [0.4, 0.5) is 0 Å². The van der Waals surface area contributed by atoms with Crippen LogP contribution in [-0.2, 0) is 6.42 Å². The smallest absolute Gasteiger partial charge is 0.251 e. The predicted molar refractivity (Wildman–Crippen MR) is 97.7 cm³/mol. The predicted octanol–water partition coefficient (Wildman–Crippen LogP) is 4.92. The number of hydrogen-bond donors (Lipinski definition) is 1. The summed E-state index contributed by atoms with van der Waals surface area (Å²) in [5.41, 5.74) is 1.88. The van der Waals surface area contributed by atoms with Gasteiger partial charge in [0.05, 0.1) is 25.8 Å². The van der Waals surface area contributed by atoms with Gasteiger partial charge in [-0.05, 0) is 24.3 Å². The summed E-state index contributed by atoms with van der Waals surface area (Å²) in [6.45, 7) is 0.425. The van der Waals surface area contributed by atoms with Crippen molar-refractivity contribution in [3.05, 3.63) is 68.0 Å². The summed E-state index contributed by atoms with van der Waals surface area (Å²) < 4.78 is 1.76. The second kappa shape index (κ2) is 7.19. The maximum Gasteiger partial charge on any atom is 0.251 e. The normalized spacial score (nSPS) is 11.0. The number of nitrogens with one attached hydrogen (secondary N) is 1. The molecule has 1 aromatic carbocycles. The number of nitrogens with zero attached hydrogens (tertiary/aromatic N) is 2. The molecule has 0 radical (unpaired) electrons. The first-order chi connectivity index (χ1) is 11.4. The molecule has 1 N–H and O–H groups in total. The highest BCUT2D eigenvalue weighted by Crippen LogP contribution is 2.23. The molecule has 0 bridgehead atoms. The third kappa shape index (κ3) is 3.78. The molecule has 2 heterocycles. The summed E-state index contributed by atoms with van der Waals surface area (Å²) in [5, 5.41) is 4.58. The minimum Gasteiger partial charge on any atom is -0.352 e. The van der Waals surface area contributed by atoms with Gasteiger partial charge < -0.3 is 9.72 Å². The van der Waals surface area contributed by atoms with Crippen molar-refractivity contribution < 1.29 is 4.79 Å². The molecular weight excluding hydrogens is 392 g/mol. The Labute approximate surface area is 158 Å². The van der Waals surface area contributed by atoms with Gasteiger partial charge in [0.2, 0.25) is 0 Å². The van der Waals surface area contributed by atoms with E-state index in [4.69, 9.17) is 46.4 Å². The van der Waals surface area contributed by atoms with Crippen molar-refractivity contribution in [1.29, 1.82) is 0 Å². The van der Waals surface area contributed by atoms with Gasteiger partial charge in [-0.25, -0.2) is 4.98 Å². The summed E-state index contributed by atoms with van der Waals surface area (Å²) in [7, 11) is 0. The number of halogens is 4. The number of carbonyl (C=O) groups is 1. The molecule has 3 aromatic rings.